The largest absolute Gasteiger partial charge is 0.478 e. The molecule has 0 aliphatic carbocycles. The molecule has 0 radical (unpaired) electrons. The van der Waals surface area contributed by atoms with E-state index in [0.29, 0.717) is 5.69 Å². The molecule has 1 aromatic carbocycles. The summed E-state index contributed by atoms with van der Waals surface area (Å²) in [4.78, 5) is 21.8. The third kappa shape index (κ3) is 3.05. The first-order valence-electron chi connectivity index (χ1n) is 4.64. The first kappa shape index (κ1) is 12.2. The summed E-state index contributed by atoms with van der Waals surface area (Å²) in [5.74, 6) is -1.82. The van der Waals surface area contributed by atoms with Crippen molar-refractivity contribution in [3.8, 4) is 0 Å². The van der Waals surface area contributed by atoms with Gasteiger partial charge in [0.05, 0.1) is 5.56 Å². The molecule has 16 heavy (non-hydrogen) atoms. The molecule has 0 bridgehead atoms. The fraction of sp³-hybridized carbons (Fsp3) is 0.273. The SMILES string of the molecule is CC(C)(F)C(=O)Nc1ccc(C(=O)O)cc1. The number of anilines is 1. The van der Waals surface area contributed by atoms with E-state index in [0.717, 1.165) is 13.8 Å². The number of carboxylic acid groups (broad SMARTS) is 1. The molecule has 0 aromatic heterocycles. The highest BCUT2D eigenvalue weighted by Crippen LogP contribution is 2.14. The number of benzene rings is 1. The minimum atomic E-state index is -1.97. The van der Waals surface area contributed by atoms with Crippen LogP contribution >= 0.6 is 0 Å². The molecule has 0 fully saturated rings. The molecule has 4 nitrogen and oxygen atoms in total. The number of carbonyl (C=O) groups is 2. The Labute approximate surface area is 92.1 Å². The van der Waals surface area contributed by atoms with E-state index >= 15 is 0 Å². The number of hydrogen-bond donors (Lipinski definition) is 2. The Morgan fingerprint density at radius 3 is 2.12 bits per heavy atom. The van der Waals surface area contributed by atoms with E-state index in [9.17, 15) is 14.0 Å². The van der Waals surface area contributed by atoms with Gasteiger partial charge < -0.3 is 10.4 Å². The van der Waals surface area contributed by atoms with Gasteiger partial charge in [-0.3, -0.25) is 4.79 Å². The number of carbonyl (C=O) groups excluding carboxylic acids is 1. The molecule has 0 aliphatic rings. The van der Waals surface area contributed by atoms with Crippen LogP contribution < -0.4 is 5.32 Å². The summed E-state index contributed by atoms with van der Waals surface area (Å²) in [6.45, 7) is 2.29. The van der Waals surface area contributed by atoms with Crippen LogP contribution in [0.4, 0.5) is 10.1 Å². The summed E-state index contributed by atoms with van der Waals surface area (Å²) in [7, 11) is 0. The molecular weight excluding hydrogens is 213 g/mol. The van der Waals surface area contributed by atoms with Gasteiger partial charge in [0, 0.05) is 5.69 Å². The summed E-state index contributed by atoms with van der Waals surface area (Å²) < 4.78 is 13.2. The van der Waals surface area contributed by atoms with Crippen molar-refractivity contribution in [1.29, 1.82) is 0 Å². The standard InChI is InChI=1S/C11H12FNO3/c1-11(2,12)10(16)13-8-5-3-7(4-6-8)9(14)15/h3-6H,1-2H3,(H,13,16)(H,14,15). The smallest absolute Gasteiger partial charge is 0.335 e. The van der Waals surface area contributed by atoms with Crippen molar-refractivity contribution >= 4 is 17.6 Å². The van der Waals surface area contributed by atoms with Crippen LogP contribution in [-0.4, -0.2) is 22.7 Å². The topological polar surface area (TPSA) is 66.4 Å². The second kappa shape index (κ2) is 4.30. The number of nitrogens with one attached hydrogen (secondary N) is 1. The van der Waals surface area contributed by atoms with Gasteiger partial charge in [-0.1, -0.05) is 0 Å². The monoisotopic (exact) mass is 225 g/mol. The molecule has 1 rings (SSSR count). The van der Waals surface area contributed by atoms with Crippen molar-refractivity contribution in [2.75, 3.05) is 5.32 Å². The van der Waals surface area contributed by atoms with Crippen molar-refractivity contribution in [3.05, 3.63) is 29.8 Å². The highest BCUT2D eigenvalue weighted by atomic mass is 19.1. The third-order valence-corrected chi connectivity index (χ3v) is 1.93. The van der Waals surface area contributed by atoms with Gasteiger partial charge in [0.1, 0.15) is 0 Å². The van der Waals surface area contributed by atoms with Gasteiger partial charge in [0.2, 0.25) is 0 Å². The van der Waals surface area contributed by atoms with Gasteiger partial charge in [-0.05, 0) is 38.1 Å². The van der Waals surface area contributed by atoms with Gasteiger partial charge in [0.25, 0.3) is 5.91 Å². The lowest BCUT2D eigenvalue weighted by Gasteiger charge is -2.13. The van der Waals surface area contributed by atoms with Gasteiger partial charge in [0.15, 0.2) is 5.67 Å². The molecule has 1 amide bonds. The summed E-state index contributed by atoms with van der Waals surface area (Å²) in [5, 5.41) is 11.0. The zero-order chi connectivity index (χ0) is 12.3. The molecule has 0 spiro atoms. The van der Waals surface area contributed by atoms with Crippen LogP contribution in [0.25, 0.3) is 0 Å². The highest BCUT2D eigenvalue weighted by molar-refractivity contribution is 5.97. The number of alkyl halides is 1. The number of aromatic carboxylic acids is 1. The van der Waals surface area contributed by atoms with Crippen LogP contribution in [0.5, 0.6) is 0 Å². The number of carboxylic acids is 1. The maximum absolute atomic E-state index is 13.2. The Kier molecular flexibility index (Phi) is 3.27. The predicted molar refractivity (Wildman–Crippen MR) is 57.2 cm³/mol. The van der Waals surface area contributed by atoms with Crippen molar-refractivity contribution in [2.24, 2.45) is 0 Å². The molecule has 2 N–H and O–H groups in total. The minimum absolute atomic E-state index is 0.109. The molecule has 0 atom stereocenters. The summed E-state index contributed by atoms with van der Waals surface area (Å²) in [6, 6.07) is 5.49. The van der Waals surface area contributed by atoms with Gasteiger partial charge >= 0.3 is 5.97 Å². The summed E-state index contributed by atoms with van der Waals surface area (Å²) in [6.07, 6.45) is 0. The van der Waals surface area contributed by atoms with Crippen molar-refractivity contribution in [2.45, 2.75) is 19.5 Å². The van der Waals surface area contributed by atoms with Crippen LogP contribution in [0.2, 0.25) is 0 Å². The van der Waals surface area contributed by atoms with E-state index in [2.05, 4.69) is 5.32 Å². The number of amides is 1. The quantitative estimate of drug-likeness (QED) is 0.827. The predicted octanol–water partition coefficient (Wildman–Crippen LogP) is 2.07. The Balaban J connectivity index is 2.77. The molecule has 0 heterocycles. The van der Waals surface area contributed by atoms with Crippen molar-refractivity contribution in [3.63, 3.8) is 0 Å². The average Bonchev–Trinajstić information content (AvgIpc) is 2.17. The molecule has 0 saturated carbocycles. The maximum atomic E-state index is 13.2. The third-order valence-electron chi connectivity index (χ3n) is 1.93. The van der Waals surface area contributed by atoms with E-state index in [4.69, 9.17) is 5.11 Å². The second-order valence-electron chi connectivity index (χ2n) is 3.81. The van der Waals surface area contributed by atoms with Gasteiger partial charge in [-0.2, -0.15) is 0 Å². The van der Waals surface area contributed by atoms with Gasteiger partial charge in [-0.25, -0.2) is 9.18 Å². The Bertz CT molecular complexity index is 406. The van der Waals surface area contributed by atoms with E-state index in [1.807, 2.05) is 0 Å². The van der Waals surface area contributed by atoms with Gasteiger partial charge in [-0.15, -0.1) is 0 Å². The first-order valence-corrected chi connectivity index (χ1v) is 4.64. The van der Waals surface area contributed by atoms with Crippen LogP contribution in [-0.2, 0) is 4.79 Å². The highest BCUT2D eigenvalue weighted by Gasteiger charge is 2.26. The lowest BCUT2D eigenvalue weighted by Crippen LogP contribution is -2.32. The number of hydrogen-bond acceptors (Lipinski definition) is 2. The fourth-order valence-corrected chi connectivity index (χ4v) is 0.976. The van der Waals surface area contributed by atoms with Crippen molar-refractivity contribution < 1.29 is 19.1 Å². The number of halogens is 1. The molecule has 0 unspecified atom stereocenters. The zero-order valence-electron chi connectivity index (χ0n) is 8.95. The molecule has 86 valence electrons. The molecular formula is C11H12FNO3. The number of rotatable bonds is 3. The van der Waals surface area contributed by atoms with Crippen LogP contribution in [0.15, 0.2) is 24.3 Å². The van der Waals surface area contributed by atoms with E-state index in [-0.39, 0.29) is 5.56 Å². The Morgan fingerprint density at radius 1 is 1.25 bits per heavy atom. The van der Waals surface area contributed by atoms with Crippen LogP contribution in [0, 0.1) is 0 Å². The van der Waals surface area contributed by atoms with E-state index in [1.54, 1.807) is 0 Å². The molecule has 1 aromatic rings. The van der Waals surface area contributed by atoms with Crippen LogP contribution in [0.1, 0.15) is 24.2 Å². The second-order valence-corrected chi connectivity index (χ2v) is 3.81. The zero-order valence-corrected chi connectivity index (χ0v) is 8.95. The molecule has 0 aliphatic heterocycles. The minimum Gasteiger partial charge on any atom is -0.478 e. The lowest BCUT2D eigenvalue weighted by atomic mass is 10.1. The normalized spacial score (nSPS) is 10.9. The molecule has 0 saturated heterocycles. The maximum Gasteiger partial charge on any atom is 0.335 e. The van der Waals surface area contributed by atoms with E-state index < -0.39 is 17.5 Å². The first-order chi connectivity index (χ1) is 7.30. The summed E-state index contributed by atoms with van der Waals surface area (Å²) in [5.41, 5.74) is -1.50. The average molecular weight is 225 g/mol. The summed E-state index contributed by atoms with van der Waals surface area (Å²) >= 11 is 0. The lowest BCUT2D eigenvalue weighted by molar-refractivity contribution is -0.125. The van der Waals surface area contributed by atoms with Crippen LogP contribution in [0.3, 0.4) is 0 Å². The van der Waals surface area contributed by atoms with Crippen molar-refractivity contribution in [1.82, 2.24) is 0 Å². The Hall–Kier alpha value is -1.91. The Morgan fingerprint density at radius 2 is 1.75 bits per heavy atom. The van der Waals surface area contributed by atoms with E-state index in [1.165, 1.54) is 24.3 Å². The fourth-order valence-electron chi connectivity index (χ4n) is 0.976. The molecule has 5 heteroatoms.